The molecule has 0 N–H and O–H groups in total. The second-order valence-corrected chi connectivity index (χ2v) is 35.3. The number of thiazole rings is 3. The van der Waals surface area contributed by atoms with Crippen molar-refractivity contribution >= 4 is 130 Å². The first kappa shape index (κ1) is 87.0. The van der Waals surface area contributed by atoms with Crippen molar-refractivity contribution in [2.75, 3.05) is 0 Å². The van der Waals surface area contributed by atoms with Crippen molar-refractivity contribution < 1.29 is 63.2 Å². The van der Waals surface area contributed by atoms with Crippen LogP contribution in [0, 0.1) is 36.4 Å². The van der Waals surface area contributed by atoms with Gasteiger partial charge < -0.3 is 46.5 Å². The number of para-hydroxylation sites is 4. The zero-order valence-corrected chi connectivity index (χ0v) is 81.8. The quantitative estimate of drug-likeness (QED) is 0.0945. The number of hydrogen-bond acceptors (Lipinski definition) is 14. The molecule has 25 heteroatoms. The van der Waals surface area contributed by atoms with E-state index in [2.05, 4.69) is 273 Å². The zero-order valence-electron chi connectivity index (χ0n) is 72.5. The number of nitrogens with zero attached hydrogens (tertiary/aromatic N) is 19. The molecular weight excluding hydrogens is 2270 g/mol. The number of hydrogen-bond donors (Lipinski definition) is 0. The third kappa shape index (κ3) is 15.8. The van der Waals surface area contributed by atoms with Crippen molar-refractivity contribution in [1.29, 1.82) is 0 Å². The van der Waals surface area contributed by atoms with E-state index in [1.54, 1.807) is 40.2 Å². The van der Waals surface area contributed by atoms with Gasteiger partial charge in [-0.25, -0.2) is 24.9 Å². The predicted molar refractivity (Wildman–Crippen MR) is 532 cm³/mol. The van der Waals surface area contributed by atoms with Crippen LogP contribution >= 0.6 is 34.0 Å². The molecule has 0 fully saturated rings. The summed E-state index contributed by atoms with van der Waals surface area (Å²) in [4.78, 5) is 52.1. The van der Waals surface area contributed by atoms with Gasteiger partial charge in [-0.3, -0.25) is 19.9 Å². The third-order valence-electron chi connectivity index (χ3n) is 24.1. The Morgan fingerprint density at radius 3 is 1.28 bits per heavy atom. The Hall–Kier alpha value is -14.7. The SMILES string of the molecule is Cn1ccnc1-c1ccc2c(c1)c1cc(-c3nccn3C)c(-c3nc4ccccc4s3)[c-]c1n2-c1[c-]c(-c2ccccn2)ccc1.Cn1ccnc1-c1cccc(-c2[c-]c(-n3c4[c-]c(-c5nc6ccccc6s5)ccc4c4ccccc43)ccc2)n1.Cn1cncc1-c1ccc(-c2ccccn2)[c-]c1-n1c2[c-]c(-c3nc4ccccc4s3)ccc2c2cc(-c3nccn3C)ccc21.[Pt+2].[Pt+2].[Pt+2]. The van der Waals surface area contributed by atoms with Crippen molar-refractivity contribution in [2.45, 2.75) is 0 Å². The first-order valence-electron chi connectivity index (χ1n) is 42.9. The topological polar surface area (TPSA) is 181 Å². The number of aromatic nitrogens is 19. The number of benzene rings is 12. The number of pyridine rings is 3. The first-order chi connectivity index (χ1) is 65.0. The molecule has 0 aliphatic carbocycles. The van der Waals surface area contributed by atoms with Gasteiger partial charge in [-0.15, -0.1) is 149 Å². The molecule has 0 radical (unpaired) electrons. The van der Waals surface area contributed by atoms with Crippen LogP contribution in [0.4, 0.5) is 0 Å². The summed E-state index contributed by atoms with van der Waals surface area (Å²) in [6, 6.07) is 114. The first-order valence-corrected chi connectivity index (χ1v) is 45.3. The normalized spacial score (nSPS) is 11.4. The average Bonchev–Trinajstić information content (AvgIpc) is 1.57. The van der Waals surface area contributed by atoms with Crippen molar-refractivity contribution in [3.05, 3.63) is 378 Å². The number of aryl methyl sites for hydroxylation is 5. The Morgan fingerprint density at radius 2 is 0.733 bits per heavy atom. The molecule has 26 aromatic rings. The molecule has 0 saturated heterocycles. The second-order valence-electron chi connectivity index (χ2n) is 32.2. The molecule has 0 saturated carbocycles. The molecule has 19 nitrogen and oxygen atoms in total. The summed E-state index contributed by atoms with van der Waals surface area (Å²) in [5.41, 5.74) is 25.9. The smallest absolute Gasteiger partial charge is 0.346 e. The Bertz CT molecular complexity index is 8890. The summed E-state index contributed by atoms with van der Waals surface area (Å²) in [5, 5.41) is 9.48. The Balaban J connectivity index is 0.000000120. The molecule has 0 amide bonds. The van der Waals surface area contributed by atoms with Gasteiger partial charge in [0.1, 0.15) is 11.6 Å². The molecule has 26 rings (SSSR count). The second kappa shape index (κ2) is 36.3. The fourth-order valence-electron chi connectivity index (χ4n) is 17.8. The molecule has 0 spiro atoms. The van der Waals surface area contributed by atoms with Gasteiger partial charge in [0.2, 0.25) is 0 Å². The molecule has 12 aromatic carbocycles. The van der Waals surface area contributed by atoms with Crippen LogP contribution in [0.3, 0.4) is 0 Å². The minimum Gasteiger partial charge on any atom is -0.346 e. The summed E-state index contributed by atoms with van der Waals surface area (Å²) >= 11 is 5.05. The van der Waals surface area contributed by atoms with Crippen molar-refractivity contribution in [3.63, 3.8) is 0 Å². The van der Waals surface area contributed by atoms with Gasteiger partial charge in [-0.2, -0.15) is 34.0 Å². The molecule has 0 unspecified atom stereocenters. The molecule has 0 atom stereocenters. The van der Waals surface area contributed by atoms with Gasteiger partial charge in [-0.1, -0.05) is 130 Å². The van der Waals surface area contributed by atoms with Gasteiger partial charge in [0, 0.05) is 166 Å². The van der Waals surface area contributed by atoms with Gasteiger partial charge in [-0.05, 0) is 152 Å². The standard InChI is InChI=1S/2C38H25N7S.C34H21N5S.3Pt/c1-43-18-16-40-36(43)25-13-14-33-27(21-25)28-22-29(37-41-17-19-44(37)2)30(38-42-32-11-3-4-12-35(32)46-38)23-34(28)45(33)26-9-7-8-24(20-26)31-10-5-6-15-39-31;1-43-18-17-41-37(43)25-12-15-32-29(19-25)27-13-11-26(38-42-31-8-3-4-9-36(31)46-38)21-33(27)45(32)34-20-24(30-7-5-6-16-40-30)10-14-28(34)35-22-39-23-44(35)2;1-38-19-18-35-33(38)29-13-7-12-27(36-29)22-8-6-9-24(20-22)39-30-14-4-2-10-25(30)26-17-16-23(21-31(26)39)34-37-28-11-3-5-15-32(28)40-34;;;/h3-19,21-22H,1-2H3;3-19,22-23H,1-2H3;2-19H,1H3;;;/q3*-2;3*+2. The summed E-state index contributed by atoms with van der Waals surface area (Å²) in [7, 11) is 10.1. The van der Waals surface area contributed by atoms with Gasteiger partial charge in [0.05, 0.1) is 34.4 Å². The van der Waals surface area contributed by atoms with Crippen LogP contribution in [-0.2, 0) is 98.4 Å². The number of imidazole rings is 5. The van der Waals surface area contributed by atoms with Crippen LogP contribution < -0.4 is 0 Å². The van der Waals surface area contributed by atoms with Crippen LogP contribution in [0.2, 0.25) is 0 Å². The summed E-state index contributed by atoms with van der Waals surface area (Å²) < 4.78 is 20.4. The fourth-order valence-corrected chi connectivity index (χ4v) is 20.6. The molecule has 14 heterocycles. The van der Waals surface area contributed by atoms with Crippen LogP contribution in [0.15, 0.2) is 341 Å². The van der Waals surface area contributed by atoms with E-state index in [1.807, 2.05) is 201 Å². The van der Waals surface area contributed by atoms with Crippen LogP contribution in [-0.4, -0.2) is 91.4 Å². The van der Waals surface area contributed by atoms with E-state index in [1.165, 1.54) is 10.1 Å². The van der Waals surface area contributed by atoms with Crippen molar-refractivity contribution in [3.8, 4) is 139 Å². The van der Waals surface area contributed by atoms with Gasteiger partial charge in [0.25, 0.3) is 0 Å². The summed E-state index contributed by atoms with van der Waals surface area (Å²) in [6.07, 6.45) is 22.5. The summed E-state index contributed by atoms with van der Waals surface area (Å²) in [5.74, 6) is 3.51. The van der Waals surface area contributed by atoms with E-state index in [9.17, 15) is 0 Å². The molecule has 0 bridgehead atoms. The zero-order chi connectivity index (χ0) is 88.2. The molecule has 654 valence electrons. The third-order valence-corrected chi connectivity index (χ3v) is 27.3. The van der Waals surface area contributed by atoms with Crippen molar-refractivity contribution in [2.24, 2.45) is 35.2 Å². The molecular formula is C110H71N19Pt3S3. The minimum absolute atomic E-state index is 0. The Morgan fingerprint density at radius 1 is 0.281 bits per heavy atom. The maximum atomic E-state index is 5.07. The number of rotatable bonds is 14. The molecule has 14 aromatic heterocycles. The van der Waals surface area contributed by atoms with Crippen LogP contribution in [0.5, 0.6) is 0 Å². The average molecular weight is 2340 g/mol. The van der Waals surface area contributed by atoms with E-state index in [0.29, 0.717) is 0 Å². The van der Waals surface area contributed by atoms with E-state index in [0.717, 1.165) is 225 Å². The van der Waals surface area contributed by atoms with E-state index in [-0.39, 0.29) is 63.2 Å². The molecule has 0 aliphatic rings. The van der Waals surface area contributed by atoms with Crippen molar-refractivity contribution in [1.82, 2.24) is 91.4 Å². The maximum Gasteiger partial charge on any atom is 2.00 e. The Labute approximate surface area is 829 Å². The molecule has 135 heavy (non-hydrogen) atoms. The van der Waals surface area contributed by atoms with Gasteiger partial charge in [0.15, 0.2) is 5.82 Å². The number of fused-ring (bicyclic) bond motifs is 12. The maximum absolute atomic E-state index is 5.07. The predicted octanol–water partition coefficient (Wildman–Crippen LogP) is 25.2. The summed E-state index contributed by atoms with van der Waals surface area (Å²) in [6.45, 7) is 0. The van der Waals surface area contributed by atoms with E-state index in [4.69, 9.17) is 24.9 Å². The minimum atomic E-state index is 0. The van der Waals surface area contributed by atoms with Crippen LogP contribution in [0.1, 0.15) is 0 Å². The monoisotopic (exact) mass is 2340 g/mol. The Kier molecular flexibility index (Phi) is 23.4. The van der Waals surface area contributed by atoms with Crippen LogP contribution in [0.25, 0.3) is 236 Å². The van der Waals surface area contributed by atoms with E-state index < -0.39 is 0 Å². The van der Waals surface area contributed by atoms with Gasteiger partial charge >= 0.3 is 63.2 Å². The largest absolute Gasteiger partial charge is 2.00 e. The van der Waals surface area contributed by atoms with E-state index >= 15 is 0 Å². The molecule has 0 aliphatic heterocycles. The fraction of sp³-hybridized carbons (Fsp3) is 0.0455.